The molecule has 0 bridgehead atoms. The molecule has 170 valence electrons. The van der Waals surface area contributed by atoms with Crippen LogP contribution < -0.4 is 9.47 Å². The van der Waals surface area contributed by atoms with Crippen LogP contribution in [-0.4, -0.2) is 29.7 Å². The molecule has 1 unspecified atom stereocenters. The van der Waals surface area contributed by atoms with Crippen LogP contribution in [0.3, 0.4) is 0 Å². The third kappa shape index (κ3) is 4.50. The smallest absolute Gasteiger partial charge is 0.230 e. The number of benzene rings is 2. The number of hydrogen-bond donors (Lipinski definition) is 2. The lowest BCUT2D eigenvalue weighted by Gasteiger charge is -2.22. The number of allylic oxidation sites excluding steroid dienone is 3. The fourth-order valence-electron chi connectivity index (χ4n) is 3.63. The molecule has 2 aromatic carbocycles. The lowest BCUT2D eigenvalue weighted by molar-refractivity contribution is -0.0573. The van der Waals surface area contributed by atoms with Crippen LogP contribution in [0.2, 0.25) is 0 Å². The predicted molar refractivity (Wildman–Crippen MR) is 123 cm³/mol. The number of hydrogen-bond acceptors (Lipinski definition) is 6. The fraction of sp³-hybridized carbons (Fsp3) is 0.346. The Bertz CT molecular complexity index is 1100. The maximum absolute atomic E-state index is 13.6. The predicted octanol–water partition coefficient (Wildman–Crippen LogP) is 5.53. The van der Waals surface area contributed by atoms with Gasteiger partial charge in [0.25, 0.3) is 0 Å². The molecule has 0 aliphatic carbocycles. The third-order valence-electron chi connectivity index (χ3n) is 5.29. The molecule has 2 N–H and O–H groups in total. The van der Waals surface area contributed by atoms with Crippen molar-refractivity contribution in [1.82, 2.24) is 0 Å². The summed E-state index contributed by atoms with van der Waals surface area (Å²) in [7, 11) is 1.45. The average molecular weight is 439 g/mol. The number of rotatable bonds is 6. The zero-order valence-corrected chi connectivity index (χ0v) is 19.4. The van der Waals surface area contributed by atoms with Crippen LogP contribution >= 0.6 is 0 Å². The van der Waals surface area contributed by atoms with Crippen LogP contribution in [0.4, 0.5) is 0 Å². The quantitative estimate of drug-likeness (QED) is 0.577. The summed E-state index contributed by atoms with van der Waals surface area (Å²) in [5, 5.41) is 21.7. The van der Waals surface area contributed by atoms with Crippen molar-refractivity contribution in [3.8, 4) is 23.0 Å². The van der Waals surface area contributed by atoms with Gasteiger partial charge >= 0.3 is 0 Å². The average Bonchev–Trinajstić information content (AvgIpc) is 2.84. The van der Waals surface area contributed by atoms with E-state index in [-0.39, 0.29) is 35.0 Å². The maximum atomic E-state index is 13.6. The Morgan fingerprint density at radius 3 is 2.41 bits per heavy atom. The summed E-state index contributed by atoms with van der Waals surface area (Å²) >= 11 is 0. The Labute approximate surface area is 188 Å². The largest absolute Gasteiger partial charge is 0.507 e. The lowest BCUT2D eigenvalue weighted by Crippen LogP contribution is -2.14. The summed E-state index contributed by atoms with van der Waals surface area (Å²) in [6, 6.07) is 4.85. The van der Waals surface area contributed by atoms with E-state index in [2.05, 4.69) is 0 Å². The summed E-state index contributed by atoms with van der Waals surface area (Å²) in [5.41, 5.74) is 3.72. The number of phenols is 2. The van der Waals surface area contributed by atoms with Gasteiger partial charge in [0.15, 0.2) is 0 Å². The minimum atomic E-state index is -1.01. The minimum Gasteiger partial charge on any atom is -0.507 e. The van der Waals surface area contributed by atoms with Crippen LogP contribution in [0.5, 0.6) is 23.0 Å². The van der Waals surface area contributed by atoms with E-state index in [4.69, 9.17) is 14.2 Å². The second-order valence-electron chi connectivity index (χ2n) is 8.37. The van der Waals surface area contributed by atoms with Crippen molar-refractivity contribution in [3.05, 3.63) is 69.3 Å². The van der Waals surface area contributed by atoms with E-state index >= 15 is 0 Å². The molecule has 1 aliphatic rings. The van der Waals surface area contributed by atoms with Gasteiger partial charge in [-0.1, -0.05) is 23.3 Å². The highest BCUT2D eigenvalue weighted by Crippen LogP contribution is 2.47. The van der Waals surface area contributed by atoms with Crippen LogP contribution in [0.1, 0.15) is 66.6 Å². The molecule has 0 radical (unpaired) electrons. The molecule has 3 rings (SSSR count). The zero-order chi connectivity index (χ0) is 23.6. The van der Waals surface area contributed by atoms with E-state index < -0.39 is 12.1 Å². The first-order valence-corrected chi connectivity index (χ1v) is 10.5. The van der Waals surface area contributed by atoms with Crippen molar-refractivity contribution in [3.63, 3.8) is 0 Å². The molecule has 0 spiro atoms. The van der Waals surface area contributed by atoms with E-state index in [9.17, 15) is 15.0 Å². The molecule has 0 saturated heterocycles. The van der Waals surface area contributed by atoms with Crippen LogP contribution in [-0.2, 0) is 11.2 Å². The normalized spacial score (nSPS) is 14.6. The van der Waals surface area contributed by atoms with Gasteiger partial charge in [0.2, 0.25) is 12.1 Å². The number of aromatic hydroxyl groups is 2. The third-order valence-corrected chi connectivity index (χ3v) is 5.29. The Morgan fingerprint density at radius 2 is 1.78 bits per heavy atom. The Morgan fingerprint density at radius 1 is 1.09 bits per heavy atom. The number of carbonyl (C=O) groups is 1. The molecule has 2 aromatic rings. The van der Waals surface area contributed by atoms with Crippen LogP contribution in [0, 0.1) is 6.92 Å². The van der Waals surface area contributed by atoms with Gasteiger partial charge < -0.3 is 24.4 Å². The molecule has 1 atom stereocenters. The van der Waals surface area contributed by atoms with Crippen molar-refractivity contribution in [2.45, 2.75) is 47.3 Å². The Balaban J connectivity index is 2.21. The van der Waals surface area contributed by atoms with Gasteiger partial charge in [-0.2, -0.15) is 0 Å². The number of ether oxygens (including phenoxy) is 3. The number of methoxy groups -OCH3 is 1. The number of ketones is 1. The second kappa shape index (κ2) is 9.49. The molecule has 1 aliphatic heterocycles. The lowest BCUT2D eigenvalue weighted by atomic mass is 9.92. The van der Waals surface area contributed by atoms with Crippen molar-refractivity contribution >= 4 is 5.78 Å². The van der Waals surface area contributed by atoms with Crippen molar-refractivity contribution in [2.75, 3.05) is 13.7 Å². The monoisotopic (exact) mass is 438 g/mol. The summed E-state index contributed by atoms with van der Waals surface area (Å²) in [6.45, 7) is 9.92. The first kappa shape index (κ1) is 23.4. The summed E-state index contributed by atoms with van der Waals surface area (Å²) in [4.78, 5) is 13.6. The minimum absolute atomic E-state index is 0.000132. The Kier molecular flexibility index (Phi) is 6.94. The summed E-state index contributed by atoms with van der Waals surface area (Å²) < 4.78 is 17.6. The van der Waals surface area contributed by atoms with Crippen molar-refractivity contribution in [1.29, 1.82) is 0 Å². The van der Waals surface area contributed by atoms with Crippen molar-refractivity contribution in [2.24, 2.45) is 0 Å². The maximum Gasteiger partial charge on any atom is 0.230 e. The summed E-state index contributed by atoms with van der Waals surface area (Å²) in [6.07, 6.45) is 3.33. The standard InChI is InChI=1S/C26H30O6/c1-14(2)7-8-17-9-10-19-21(23(17)28)24(29)20-18(27)13-16(5)25(31-12-11-15(3)4)22(20)26(30-6)32-19/h7,9-11,13,26-28H,8,12H2,1-6H3. The van der Waals surface area contributed by atoms with Gasteiger partial charge in [0.1, 0.15) is 35.2 Å². The van der Waals surface area contributed by atoms with E-state index in [0.717, 1.165) is 11.1 Å². The number of aryl methyl sites for hydroxylation is 1. The highest BCUT2D eigenvalue weighted by Gasteiger charge is 2.37. The van der Waals surface area contributed by atoms with Gasteiger partial charge in [0.05, 0.1) is 11.1 Å². The van der Waals surface area contributed by atoms with Crippen LogP contribution in [0.25, 0.3) is 0 Å². The zero-order valence-electron chi connectivity index (χ0n) is 19.4. The molecule has 6 heteroatoms. The summed E-state index contributed by atoms with van der Waals surface area (Å²) in [5.74, 6) is -0.337. The van der Waals surface area contributed by atoms with E-state index in [1.807, 2.05) is 39.8 Å². The molecule has 32 heavy (non-hydrogen) atoms. The van der Waals surface area contributed by atoms with Gasteiger partial charge in [-0.05, 0) is 70.4 Å². The highest BCUT2D eigenvalue weighted by atomic mass is 16.7. The molecule has 6 nitrogen and oxygen atoms in total. The van der Waals surface area contributed by atoms with E-state index in [0.29, 0.717) is 28.9 Å². The van der Waals surface area contributed by atoms with Crippen LogP contribution in [0.15, 0.2) is 41.5 Å². The Hall–Kier alpha value is -3.25. The second-order valence-corrected chi connectivity index (χ2v) is 8.37. The molecule has 0 aromatic heterocycles. The highest BCUT2D eigenvalue weighted by molar-refractivity contribution is 6.16. The molecule has 0 saturated carbocycles. The number of fused-ring (bicyclic) bond motifs is 2. The van der Waals surface area contributed by atoms with Gasteiger partial charge in [-0.15, -0.1) is 0 Å². The number of phenolic OH excluding ortho intramolecular Hbond substituents is 2. The fourth-order valence-corrected chi connectivity index (χ4v) is 3.63. The van der Waals surface area contributed by atoms with Gasteiger partial charge in [-0.3, -0.25) is 4.79 Å². The van der Waals surface area contributed by atoms with Gasteiger partial charge in [0, 0.05) is 7.11 Å². The number of carbonyl (C=O) groups excluding carboxylic acids is 1. The molecule has 1 heterocycles. The topological polar surface area (TPSA) is 85.2 Å². The molecular weight excluding hydrogens is 408 g/mol. The molecular formula is C26H30O6. The first-order chi connectivity index (χ1) is 15.1. The van der Waals surface area contributed by atoms with Gasteiger partial charge in [-0.25, -0.2) is 0 Å². The van der Waals surface area contributed by atoms with E-state index in [1.54, 1.807) is 19.1 Å². The molecule has 0 amide bonds. The molecule has 0 fully saturated rings. The first-order valence-electron chi connectivity index (χ1n) is 10.5. The van der Waals surface area contributed by atoms with Crippen molar-refractivity contribution < 1.29 is 29.2 Å². The van der Waals surface area contributed by atoms with E-state index in [1.165, 1.54) is 13.2 Å². The SMILES string of the molecule is COC1Oc2ccc(CC=C(C)C)c(O)c2C(=O)c2c(O)cc(C)c(OCC=C(C)C)c21.